The maximum atomic E-state index is 10.0. The van der Waals surface area contributed by atoms with Crippen molar-refractivity contribution in [2.24, 2.45) is 5.11 Å². The number of methoxy groups -OCH3 is 1. The zero-order valence-corrected chi connectivity index (χ0v) is 10.5. The van der Waals surface area contributed by atoms with Gasteiger partial charge in [0.25, 0.3) is 0 Å². The molecule has 0 bridgehead atoms. The van der Waals surface area contributed by atoms with Crippen LogP contribution in [0.15, 0.2) is 5.11 Å². The van der Waals surface area contributed by atoms with Gasteiger partial charge in [-0.15, -0.1) is 0 Å². The molecule has 2 fully saturated rings. The predicted molar refractivity (Wildman–Crippen MR) is 59.5 cm³/mol. The minimum Gasteiger partial charge on any atom is -0.387 e. The molecule has 0 aromatic rings. The van der Waals surface area contributed by atoms with Gasteiger partial charge < -0.3 is 24.1 Å². The molecule has 2 rings (SSSR count). The second-order valence-corrected chi connectivity index (χ2v) is 4.76. The lowest BCUT2D eigenvalue weighted by molar-refractivity contribution is -0.362. The number of nitrogens with zero attached hydrogens (tertiary/aromatic N) is 3. The van der Waals surface area contributed by atoms with Crippen LogP contribution in [0.1, 0.15) is 13.8 Å². The van der Waals surface area contributed by atoms with E-state index in [4.69, 9.17) is 24.5 Å². The Morgan fingerprint density at radius 3 is 2.83 bits per heavy atom. The molecule has 0 aliphatic carbocycles. The molecule has 2 unspecified atom stereocenters. The van der Waals surface area contributed by atoms with Crippen LogP contribution in [0.2, 0.25) is 0 Å². The molecule has 0 aromatic carbocycles. The van der Waals surface area contributed by atoms with E-state index in [1.807, 2.05) is 0 Å². The van der Waals surface area contributed by atoms with Crippen LogP contribution in [-0.4, -0.2) is 55.3 Å². The second-order valence-electron chi connectivity index (χ2n) is 4.76. The standard InChI is InChI=1S/C10H17N3O5/c1-10(2)16-4-5-8(18-10)6(12-13-11)7(14)9(15-3)17-5/h5-9,14H,4H2,1-3H3/t5?,6-,7?,8-,9-/m1/s1. The van der Waals surface area contributed by atoms with Crippen LogP contribution in [0, 0.1) is 0 Å². The number of ether oxygens (including phenoxy) is 4. The topological polar surface area (TPSA) is 106 Å². The molecule has 2 aliphatic heterocycles. The maximum absolute atomic E-state index is 10.0. The van der Waals surface area contributed by atoms with Gasteiger partial charge in [-0.2, -0.15) is 0 Å². The molecule has 0 radical (unpaired) electrons. The molecule has 0 aromatic heterocycles. The van der Waals surface area contributed by atoms with E-state index in [1.165, 1.54) is 7.11 Å². The maximum Gasteiger partial charge on any atom is 0.184 e. The van der Waals surface area contributed by atoms with Gasteiger partial charge in [-0.1, -0.05) is 5.11 Å². The van der Waals surface area contributed by atoms with Gasteiger partial charge >= 0.3 is 0 Å². The fourth-order valence-corrected chi connectivity index (χ4v) is 2.22. The van der Waals surface area contributed by atoms with E-state index in [1.54, 1.807) is 13.8 Å². The van der Waals surface area contributed by atoms with Crippen molar-refractivity contribution in [2.75, 3.05) is 13.7 Å². The Morgan fingerprint density at radius 2 is 2.22 bits per heavy atom. The normalized spacial score (nSPS) is 42.8. The summed E-state index contributed by atoms with van der Waals surface area (Å²) < 4.78 is 21.7. The van der Waals surface area contributed by atoms with Crippen LogP contribution in [-0.2, 0) is 18.9 Å². The zero-order chi connectivity index (χ0) is 13.3. The van der Waals surface area contributed by atoms with Crippen molar-refractivity contribution in [1.29, 1.82) is 0 Å². The predicted octanol–water partition coefficient (Wildman–Crippen LogP) is 0.549. The Kier molecular flexibility index (Phi) is 3.76. The first kappa shape index (κ1) is 13.5. The van der Waals surface area contributed by atoms with E-state index in [9.17, 15) is 5.11 Å². The Hall–Kier alpha value is -0.890. The van der Waals surface area contributed by atoms with Crippen LogP contribution in [0.3, 0.4) is 0 Å². The largest absolute Gasteiger partial charge is 0.387 e. The summed E-state index contributed by atoms with van der Waals surface area (Å²) in [6.45, 7) is 3.80. The van der Waals surface area contributed by atoms with Gasteiger partial charge in [-0.25, -0.2) is 0 Å². The molecule has 2 heterocycles. The monoisotopic (exact) mass is 259 g/mol. The fourth-order valence-electron chi connectivity index (χ4n) is 2.22. The highest BCUT2D eigenvalue weighted by atomic mass is 16.8. The Balaban J connectivity index is 2.23. The van der Waals surface area contributed by atoms with Gasteiger partial charge in [0.1, 0.15) is 18.3 Å². The van der Waals surface area contributed by atoms with Crippen molar-refractivity contribution in [3.63, 3.8) is 0 Å². The summed E-state index contributed by atoms with van der Waals surface area (Å²) in [6, 6.07) is -0.762. The molecule has 2 aliphatic rings. The third-order valence-electron chi connectivity index (χ3n) is 3.07. The lowest BCUT2D eigenvalue weighted by Crippen LogP contribution is -2.64. The summed E-state index contributed by atoms with van der Waals surface area (Å²) in [5.74, 6) is -0.798. The highest BCUT2D eigenvalue weighted by Gasteiger charge is 2.50. The van der Waals surface area contributed by atoms with E-state index >= 15 is 0 Å². The lowest BCUT2D eigenvalue weighted by atomic mass is 9.95. The van der Waals surface area contributed by atoms with E-state index in [0.717, 1.165) is 0 Å². The minimum atomic E-state index is -1.07. The molecule has 8 heteroatoms. The average Bonchev–Trinajstić information content (AvgIpc) is 2.32. The molecule has 102 valence electrons. The first-order chi connectivity index (χ1) is 8.48. The number of fused-ring (bicyclic) bond motifs is 1. The summed E-state index contributed by atoms with van der Waals surface area (Å²) in [6.07, 6.45) is -2.90. The van der Waals surface area contributed by atoms with Gasteiger partial charge in [-0.05, 0) is 19.4 Å². The highest BCUT2D eigenvalue weighted by molar-refractivity contribution is 4.97. The molecule has 1 N–H and O–H groups in total. The first-order valence-corrected chi connectivity index (χ1v) is 5.71. The molecule has 2 saturated heterocycles. The van der Waals surface area contributed by atoms with E-state index in [-0.39, 0.29) is 0 Å². The number of aliphatic hydroxyl groups is 1. The zero-order valence-electron chi connectivity index (χ0n) is 10.5. The first-order valence-electron chi connectivity index (χ1n) is 5.71. The molecule has 8 nitrogen and oxygen atoms in total. The van der Waals surface area contributed by atoms with Crippen molar-refractivity contribution >= 4 is 0 Å². The quantitative estimate of drug-likeness (QED) is 0.443. The smallest absolute Gasteiger partial charge is 0.184 e. The molecular weight excluding hydrogens is 242 g/mol. The molecule has 0 saturated carbocycles. The number of azide groups is 1. The Labute approximate surface area is 104 Å². The molecule has 0 spiro atoms. The highest BCUT2D eigenvalue weighted by Crippen LogP contribution is 2.33. The number of aliphatic hydroxyl groups excluding tert-OH is 1. The minimum absolute atomic E-state index is 0.293. The van der Waals surface area contributed by atoms with Crippen molar-refractivity contribution < 1.29 is 24.1 Å². The van der Waals surface area contributed by atoms with Gasteiger partial charge in [0, 0.05) is 12.0 Å². The summed E-state index contributed by atoms with van der Waals surface area (Å²) >= 11 is 0. The molecule has 0 amide bonds. The second kappa shape index (κ2) is 5.00. The van der Waals surface area contributed by atoms with Gasteiger partial charge in [-0.3, -0.25) is 0 Å². The van der Waals surface area contributed by atoms with Crippen molar-refractivity contribution in [3.8, 4) is 0 Å². The van der Waals surface area contributed by atoms with Crippen LogP contribution in [0.5, 0.6) is 0 Å². The van der Waals surface area contributed by atoms with E-state index < -0.39 is 36.4 Å². The number of rotatable bonds is 2. The van der Waals surface area contributed by atoms with E-state index in [2.05, 4.69) is 10.0 Å². The Morgan fingerprint density at radius 1 is 1.50 bits per heavy atom. The summed E-state index contributed by atoms with van der Waals surface area (Å²) in [4.78, 5) is 2.75. The molecule has 18 heavy (non-hydrogen) atoms. The third kappa shape index (κ3) is 2.44. The van der Waals surface area contributed by atoms with Crippen LogP contribution in [0.25, 0.3) is 10.4 Å². The van der Waals surface area contributed by atoms with Gasteiger partial charge in [0.05, 0.1) is 12.6 Å². The Bertz CT molecular complexity index is 357. The fraction of sp³-hybridized carbons (Fsp3) is 1.00. The summed E-state index contributed by atoms with van der Waals surface area (Å²) in [7, 11) is 1.41. The van der Waals surface area contributed by atoms with Crippen molar-refractivity contribution in [3.05, 3.63) is 10.4 Å². The van der Waals surface area contributed by atoms with Crippen LogP contribution < -0.4 is 0 Å². The van der Waals surface area contributed by atoms with E-state index in [0.29, 0.717) is 6.61 Å². The average molecular weight is 259 g/mol. The van der Waals surface area contributed by atoms with Gasteiger partial charge in [0.2, 0.25) is 0 Å². The van der Waals surface area contributed by atoms with Crippen LogP contribution >= 0.6 is 0 Å². The molecular formula is C10H17N3O5. The SMILES string of the molecule is CO[C@@H]1OC2COC(C)(C)O[C@H]2[C@H](N=[N+]=[N-])C1O. The number of hydrogen-bond donors (Lipinski definition) is 1. The van der Waals surface area contributed by atoms with Crippen molar-refractivity contribution in [1.82, 2.24) is 0 Å². The number of hydrogen-bond acceptors (Lipinski definition) is 6. The van der Waals surface area contributed by atoms with Gasteiger partial charge in [0.15, 0.2) is 12.1 Å². The summed E-state index contributed by atoms with van der Waals surface area (Å²) in [5.41, 5.74) is 8.59. The lowest BCUT2D eigenvalue weighted by Gasteiger charge is -2.48. The summed E-state index contributed by atoms with van der Waals surface area (Å²) in [5, 5.41) is 13.6. The third-order valence-corrected chi connectivity index (χ3v) is 3.07. The van der Waals surface area contributed by atoms with Crippen LogP contribution in [0.4, 0.5) is 0 Å². The van der Waals surface area contributed by atoms with Crippen molar-refractivity contribution in [2.45, 2.75) is 50.3 Å². The molecule has 5 atom stereocenters.